The summed E-state index contributed by atoms with van der Waals surface area (Å²) >= 11 is 0. The highest BCUT2D eigenvalue weighted by atomic mass is 16.2. The van der Waals surface area contributed by atoms with Gasteiger partial charge in [0.15, 0.2) is 0 Å². The lowest BCUT2D eigenvalue weighted by Crippen LogP contribution is -2.58. The molecule has 0 unspecified atom stereocenters. The van der Waals surface area contributed by atoms with Crippen molar-refractivity contribution in [1.82, 2.24) is 26.2 Å². The molecule has 2 aromatic rings. The molecule has 0 bridgehead atoms. The Morgan fingerprint density at radius 3 is 2.04 bits per heavy atom. The van der Waals surface area contributed by atoms with Crippen LogP contribution in [0.4, 0.5) is 0 Å². The largest absolute Gasteiger partial charge is 0.343 e. The van der Waals surface area contributed by atoms with E-state index in [1.54, 1.807) is 4.90 Å². The first-order valence-electron chi connectivity index (χ1n) is 16.6. The van der Waals surface area contributed by atoms with Crippen LogP contribution in [0, 0.1) is 5.92 Å². The van der Waals surface area contributed by atoms with Crippen molar-refractivity contribution in [2.24, 2.45) is 17.4 Å². The molecular formula is C35H53N7O4. The van der Waals surface area contributed by atoms with Crippen molar-refractivity contribution in [2.45, 2.75) is 83.0 Å². The topological polar surface area (TPSA) is 172 Å². The fourth-order valence-corrected chi connectivity index (χ4v) is 5.58. The van der Waals surface area contributed by atoms with Gasteiger partial charge in [0.1, 0.15) is 18.1 Å². The molecule has 1 heterocycles. The Hall–Kier alpha value is -3.80. The average Bonchev–Trinajstić information content (AvgIpc) is 3.34. The van der Waals surface area contributed by atoms with Crippen LogP contribution >= 0.6 is 0 Å². The van der Waals surface area contributed by atoms with Gasteiger partial charge in [0.05, 0.1) is 6.04 Å². The van der Waals surface area contributed by atoms with E-state index in [2.05, 4.69) is 21.3 Å². The zero-order valence-corrected chi connectivity index (χ0v) is 27.4. The Kier molecular flexibility index (Phi) is 15.7. The molecule has 252 valence electrons. The smallest absolute Gasteiger partial charge is 0.245 e. The number of nitrogens with one attached hydrogen (secondary N) is 4. The predicted octanol–water partition coefficient (Wildman–Crippen LogP) is 1.25. The van der Waals surface area contributed by atoms with E-state index in [1.165, 1.54) is 0 Å². The van der Waals surface area contributed by atoms with Crippen LogP contribution in [-0.4, -0.2) is 85.4 Å². The fourth-order valence-electron chi connectivity index (χ4n) is 5.58. The van der Waals surface area contributed by atoms with Gasteiger partial charge in [0.2, 0.25) is 23.6 Å². The number of rotatable bonds is 17. The fraction of sp³-hybridized carbons (Fsp3) is 0.543. The van der Waals surface area contributed by atoms with Crippen LogP contribution in [0.5, 0.6) is 0 Å². The summed E-state index contributed by atoms with van der Waals surface area (Å²) < 4.78 is 0. The second kappa shape index (κ2) is 19.7. The minimum atomic E-state index is -0.920. The van der Waals surface area contributed by atoms with Gasteiger partial charge in [-0.2, -0.15) is 0 Å². The maximum Gasteiger partial charge on any atom is 0.245 e. The summed E-state index contributed by atoms with van der Waals surface area (Å²) in [4.78, 5) is 56.0. The third-order valence-corrected chi connectivity index (χ3v) is 8.14. The van der Waals surface area contributed by atoms with E-state index in [-0.39, 0.29) is 11.8 Å². The number of hydrogen-bond donors (Lipinski definition) is 6. The second-order valence-electron chi connectivity index (χ2n) is 12.5. The molecule has 0 spiro atoms. The molecule has 11 heteroatoms. The normalized spacial score (nSPS) is 16.1. The first-order chi connectivity index (χ1) is 22.2. The van der Waals surface area contributed by atoms with Crippen molar-refractivity contribution in [3.05, 3.63) is 71.8 Å². The Labute approximate surface area is 273 Å². The van der Waals surface area contributed by atoms with Crippen molar-refractivity contribution in [1.29, 1.82) is 0 Å². The molecule has 1 saturated heterocycles. The van der Waals surface area contributed by atoms with Gasteiger partial charge in [-0.05, 0) is 75.1 Å². The molecule has 8 N–H and O–H groups in total. The number of carbonyl (C=O) groups excluding carboxylic acids is 4. The first kappa shape index (κ1) is 36.7. The van der Waals surface area contributed by atoms with Crippen molar-refractivity contribution in [3.63, 3.8) is 0 Å². The van der Waals surface area contributed by atoms with Crippen LogP contribution in [0.3, 0.4) is 0 Å². The van der Waals surface area contributed by atoms with E-state index in [1.807, 2.05) is 74.5 Å². The number of amides is 4. The van der Waals surface area contributed by atoms with Gasteiger partial charge in [-0.15, -0.1) is 0 Å². The summed E-state index contributed by atoms with van der Waals surface area (Å²) in [7, 11) is 0. The Bertz CT molecular complexity index is 1220. The molecule has 2 aromatic carbocycles. The highest BCUT2D eigenvalue weighted by molar-refractivity contribution is 5.94. The number of hydrogen-bond acceptors (Lipinski definition) is 7. The van der Waals surface area contributed by atoms with Gasteiger partial charge >= 0.3 is 0 Å². The maximum absolute atomic E-state index is 13.8. The lowest BCUT2D eigenvalue weighted by atomic mass is 9.99. The van der Waals surface area contributed by atoms with E-state index in [4.69, 9.17) is 11.5 Å². The SMILES string of the molecule is CC(C)C[C@@H](NC(=O)[C@@H](CCc1ccccc1)NC(=O)[C@H](N)Cc1ccccc1)C(=O)N[C@H](CCCN)C(=O)N1CCCNCC1. The molecule has 4 atom stereocenters. The molecule has 46 heavy (non-hydrogen) atoms. The summed E-state index contributed by atoms with van der Waals surface area (Å²) in [5, 5.41) is 12.0. The van der Waals surface area contributed by atoms with Crippen molar-refractivity contribution in [2.75, 3.05) is 32.7 Å². The number of aryl methyl sites for hydroxylation is 1. The minimum absolute atomic E-state index is 0.0718. The monoisotopic (exact) mass is 635 g/mol. The van der Waals surface area contributed by atoms with Gasteiger partial charge in [-0.1, -0.05) is 74.5 Å². The number of nitrogens with two attached hydrogens (primary N) is 2. The van der Waals surface area contributed by atoms with E-state index in [0.717, 1.165) is 24.1 Å². The zero-order chi connectivity index (χ0) is 33.3. The lowest BCUT2D eigenvalue weighted by Gasteiger charge is -2.29. The molecule has 0 radical (unpaired) electrons. The molecule has 0 aliphatic carbocycles. The molecule has 0 saturated carbocycles. The van der Waals surface area contributed by atoms with Gasteiger partial charge in [-0.3, -0.25) is 19.2 Å². The summed E-state index contributed by atoms with van der Waals surface area (Å²) in [6.07, 6.45) is 3.34. The van der Waals surface area contributed by atoms with Crippen molar-refractivity contribution in [3.8, 4) is 0 Å². The van der Waals surface area contributed by atoms with Crippen LogP contribution < -0.4 is 32.7 Å². The van der Waals surface area contributed by atoms with Crippen molar-refractivity contribution < 1.29 is 19.2 Å². The Morgan fingerprint density at radius 1 is 0.783 bits per heavy atom. The van der Waals surface area contributed by atoms with E-state index in [9.17, 15) is 19.2 Å². The van der Waals surface area contributed by atoms with E-state index < -0.39 is 41.9 Å². The summed E-state index contributed by atoms with van der Waals surface area (Å²) in [5.41, 5.74) is 14.0. The van der Waals surface area contributed by atoms with Crippen LogP contribution in [0.25, 0.3) is 0 Å². The maximum atomic E-state index is 13.8. The molecule has 1 fully saturated rings. The van der Waals surface area contributed by atoms with Gasteiger partial charge < -0.3 is 37.6 Å². The zero-order valence-electron chi connectivity index (χ0n) is 27.4. The van der Waals surface area contributed by atoms with Crippen LogP contribution in [-0.2, 0) is 32.0 Å². The van der Waals surface area contributed by atoms with Crippen LogP contribution in [0.1, 0.15) is 57.1 Å². The molecular weight excluding hydrogens is 582 g/mol. The van der Waals surface area contributed by atoms with Crippen LogP contribution in [0.2, 0.25) is 0 Å². The van der Waals surface area contributed by atoms with E-state index >= 15 is 0 Å². The standard InChI is InChI=1S/C35H53N7O4/c1-25(2)23-31(34(45)40-30(15-9-18-36)35(46)42-21-10-19-38-20-22-42)41-33(44)29(17-16-26-11-5-3-6-12-26)39-32(43)28(37)24-27-13-7-4-8-14-27/h3-8,11-14,25,28-31,38H,9-10,15-24,36-37H2,1-2H3,(H,39,43)(H,40,45)(H,41,44)/t28-,29-,30-,31-/m1/s1. The summed E-state index contributed by atoms with van der Waals surface area (Å²) in [6, 6.07) is 15.7. The number of nitrogens with zero attached hydrogens (tertiary/aromatic N) is 1. The molecule has 11 nitrogen and oxygen atoms in total. The average molecular weight is 636 g/mol. The third kappa shape index (κ3) is 12.5. The highest BCUT2D eigenvalue weighted by Gasteiger charge is 2.32. The van der Waals surface area contributed by atoms with E-state index in [0.29, 0.717) is 64.7 Å². The lowest BCUT2D eigenvalue weighted by molar-refractivity contribution is -0.138. The third-order valence-electron chi connectivity index (χ3n) is 8.14. The summed E-state index contributed by atoms with van der Waals surface area (Å²) in [5.74, 6) is -1.41. The molecule has 1 aliphatic rings. The second-order valence-corrected chi connectivity index (χ2v) is 12.5. The molecule has 0 aromatic heterocycles. The quantitative estimate of drug-likeness (QED) is 0.152. The first-order valence-corrected chi connectivity index (χ1v) is 16.6. The van der Waals surface area contributed by atoms with Gasteiger partial charge in [0, 0.05) is 19.6 Å². The Morgan fingerprint density at radius 2 is 1.39 bits per heavy atom. The number of benzene rings is 2. The Balaban J connectivity index is 1.75. The summed E-state index contributed by atoms with van der Waals surface area (Å²) in [6.45, 7) is 7.03. The van der Waals surface area contributed by atoms with Gasteiger partial charge in [0.25, 0.3) is 0 Å². The predicted molar refractivity (Wildman–Crippen MR) is 180 cm³/mol. The van der Waals surface area contributed by atoms with Crippen LogP contribution in [0.15, 0.2) is 60.7 Å². The minimum Gasteiger partial charge on any atom is -0.343 e. The van der Waals surface area contributed by atoms with Gasteiger partial charge in [-0.25, -0.2) is 0 Å². The molecule has 3 rings (SSSR count). The molecule has 4 amide bonds. The highest BCUT2D eigenvalue weighted by Crippen LogP contribution is 2.12. The van der Waals surface area contributed by atoms with Crippen molar-refractivity contribution >= 4 is 23.6 Å². The number of carbonyl (C=O) groups is 4. The molecule has 1 aliphatic heterocycles.